The van der Waals surface area contributed by atoms with Gasteiger partial charge in [-0.05, 0) is 49.2 Å². The maximum Gasteiger partial charge on any atom is 0.258 e. The third kappa shape index (κ3) is 2.59. The van der Waals surface area contributed by atoms with E-state index in [0.29, 0.717) is 5.56 Å². The van der Waals surface area contributed by atoms with Crippen LogP contribution in [-0.2, 0) is 0 Å². The van der Waals surface area contributed by atoms with Crippen molar-refractivity contribution in [2.24, 2.45) is 0 Å². The lowest BCUT2D eigenvalue weighted by Gasteiger charge is -2.18. The predicted octanol–water partition coefficient (Wildman–Crippen LogP) is 3.45. The third-order valence-corrected chi connectivity index (χ3v) is 2.89. The predicted molar refractivity (Wildman–Crippen MR) is 74.8 cm³/mol. The smallest absolute Gasteiger partial charge is 0.258 e. The number of nitrogens with zero attached hydrogens (tertiary/aromatic N) is 1. The zero-order valence-electron chi connectivity index (χ0n) is 10.7. The molecule has 2 nitrogen and oxygen atoms in total. The first-order valence-electron chi connectivity index (χ1n) is 5.84. The van der Waals surface area contributed by atoms with Crippen LogP contribution in [0, 0.1) is 13.8 Å². The molecule has 0 unspecified atom stereocenters. The van der Waals surface area contributed by atoms with Crippen molar-refractivity contribution in [3.05, 3.63) is 72.1 Å². The molecule has 0 aliphatic heterocycles. The van der Waals surface area contributed by atoms with Gasteiger partial charge in [-0.3, -0.25) is 4.79 Å². The molecule has 0 fully saturated rings. The number of anilines is 1. The number of carbonyl (C=O) groups is 1. The molecule has 0 bridgehead atoms. The molecule has 0 spiro atoms. The Hall–Kier alpha value is -2.09. The second-order valence-electron chi connectivity index (χ2n) is 4.40. The van der Waals surface area contributed by atoms with E-state index < -0.39 is 0 Å². The second kappa shape index (κ2) is 5.05. The molecule has 0 saturated carbocycles. The largest absolute Gasteiger partial charge is 0.311 e. The fourth-order valence-corrected chi connectivity index (χ4v) is 1.79. The quantitative estimate of drug-likeness (QED) is 0.784. The minimum atomic E-state index is -0.0133. The minimum Gasteiger partial charge on any atom is -0.311 e. The lowest BCUT2D eigenvalue weighted by atomic mass is 10.1. The minimum absolute atomic E-state index is 0.0133. The van der Waals surface area contributed by atoms with Gasteiger partial charge >= 0.3 is 0 Å². The summed E-state index contributed by atoms with van der Waals surface area (Å²) in [6.07, 6.45) is 0. The lowest BCUT2D eigenvalue weighted by Crippen LogP contribution is -2.26. The normalized spacial score (nSPS) is 10.2. The van der Waals surface area contributed by atoms with Gasteiger partial charge in [0.2, 0.25) is 0 Å². The molecular weight excluding hydrogens is 222 g/mol. The van der Waals surface area contributed by atoms with E-state index in [2.05, 4.69) is 6.92 Å². The Labute approximate surface area is 108 Å². The van der Waals surface area contributed by atoms with Crippen LogP contribution < -0.4 is 4.90 Å². The zero-order valence-corrected chi connectivity index (χ0v) is 10.7. The fraction of sp³-hybridized carbons (Fsp3) is 0.125. The van der Waals surface area contributed by atoms with Crippen LogP contribution in [0.25, 0.3) is 0 Å². The summed E-state index contributed by atoms with van der Waals surface area (Å²) >= 11 is 0. The van der Waals surface area contributed by atoms with Crippen molar-refractivity contribution in [3.63, 3.8) is 0 Å². The van der Waals surface area contributed by atoms with Crippen LogP contribution in [0.5, 0.6) is 0 Å². The number of carbonyl (C=O) groups excluding carboxylic acids is 1. The van der Waals surface area contributed by atoms with Gasteiger partial charge in [-0.2, -0.15) is 0 Å². The van der Waals surface area contributed by atoms with Crippen LogP contribution in [0.2, 0.25) is 0 Å². The third-order valence-electron chi connectivity index (χ3n) is 2.89. The Morgan fingerprint density at radius 1 is 1.11 bits per heavy atom. The zero-order chi connectivity index (χ0) is 13.1. The van der Waals surface area contributed by atoms with Gasteiger partial charge < -0.3 is 4.90 Å². The van der Waals surface area contributed by atoms with Crippen LogP contribution >= 0.6 is 0 Å². The average molecular weight is 238 g/mol. The summed E-state index contributed by atoms with van der Waals surface area (Å²) in [5.74, 6) is -0.0133. The van der Waals surface area contributed by atoms with Gasteiger partial charge in [-0.25, -0.2) is 0 Å². The van der Waals surface area contributed by atoms with Crippen LogP contribution in [0.15, 0.2) is 48.5 Å². The molecule has 2 heteroatoms. The van der Waals surface area contributed by atoms with E-state index in [1.165, 1.54) is 0 Å². The molecule has 2 aromatic carbocycles. The van der Waals surface area contributed by atoms with Crippen molar-refractivity contribution < 1.29 is 4.79 Å². The molecule has 1 radical (unpaired) electrons. The number of hydrogen-bond donors (Lipinski definition) is 0. The molecule has 2 aromatic rings. The van der Waals surface area contributed by atoms with E-state index in [1.807, 2.05) is 43.3 Å². The second-order valence-corrected chi connectivity index (χ2v) is 4.40. The lowest BCUT2D eigenvalue weighted by molar-refractivity contribution is 0.0993. The Bertz CT molecular complexity index is 558. The first-order chi connectivity index (χ1) is 8.58. The summed E-state index contributed by atoms with van der Waals surface area (Å²) in [4.78, 5) is 13.9. The molecule has 0 aliphatic rings. The maximum absolute atomic E-state index is 12.3. The van der Waals surface area contributed by atoms with Crippen molar-refractivity contribution >= 4 is 11.6 Å². The van der Waals surface area contributed by atoms with Gasteiger partial charge in [0.15, 0.2) is 0 Å². The highest BCUT2D eigenvalue weighted by molar-refractivity contribution is 6.05. The van der Waals surface area contributed by atoms with Crippen LogP contribution in [0.1, 0.15) is 21.5 Å². The SMILES string of the molecule is [CH2]c1ccc(C(=O)N(C)c2cccc(C)c2)cc1. The van der Waals surface area contributed by atoms with Gasteiger partial charge in [0.1, 0.15) is 0 Å². The summed E-state index contributed by atoms with van der Waals surface area (Å²) in [6.45, 7) is 5.82. The Morgan fingerprint density at radius 3 is 2.39 bits per heavy atom. The van der Waals surface area contributed by atoms with Gasteiger partial charge in [-0.1, -0.05) is 24.3 Å². The molecular formula is C16H16NO. The number of aryl methyl sites for hydroxylation is 1. The molecule has 0 N–H and O–H groups in total. The molecule has 0 aromatic heterocycles. The standard InChI is InChI=1S/C16H16NO/c1-12-7-9-14(10-8-12)16(18)17(3)15-6-4-5-13(2)11-15/h4-11H,1H2,2-3H3. The summed E-state index contributed by atoms with van der Waals surface area (Å²) in [7, 11) is 1.79. The molecule has 18 heavy (non-hydrogen) atoms. The number of rotatable bonds is 2. The average Bonchev–Trinajstić information content (AvgIpc) is 2.38. The van der Waals surface area contributed by atoms with Gasteiger partial charge in [0.25, 0.3) is 5.91 Å². The van der Waals surface area contributed by atoms with Gasteiger partial charge in [0.05, 0.1) is 0 Å². The topological polar surface area (TPSA) is 20.3 Å². The van der Waals surface area contributed by atoms with E-state index in [0.717, 1.165) is 16.8 Å². The van der Waals surface area contributed by atoms with Gasteiger partial charge in [-0.15, -0.1) is 0 Å². The summed E-state index contributed by atoms with van der Waals surface area (Å²) < 4.78 is 0. The van der Waals surface area contributed by atoms with E-state index in [1.54, 1.807) is 24.1 Å². The fourth-order valence-electron chi connectivity index (χ4n) is 1.79. The van der Waals surface area contributed by atoms with Crippen molar-refractivity contribution in [3.8, 4) is 0 Å². The molecule has 1 amide bonds. The number of benzene rings is 2. The highest BCUT2D eigenvalue weighted by Crippen LogP contribution is 2.17. The Morgan fingerprint density at radius 2 is 1.78 bits per heavy atom. The maximum atomic E-state index is 12.3. The first kappa shape index (κ1) is 12.4. The molecule has 2 rings (SSSR count). The van der Waals surface area contributed by atoms with Crippen LogP contribution in [0.4, 0.5) is 5.69 Å². The monoisotopic (exact) mass is 238 g/mol. The molecule has 91 valence electrons. The molecule has 0 heterocycles. The van der Waals surface area contributed by atoms with Crippen LogP contribution in [0.3, 0.4) is 0 Å². The van der Waals surface area contributed by atoms with Crippen LogP contribution in [-0.4, -0.2) is 13.0 Å². The van der Waals surface area contributed by atoms with Gasteiger partial charge in [0, 0.05) is 18.3 Å². The Kier molecular flexibility index (Phi) is 3.47. The summed E-state index contributed by atoms with van der Waals surface area (Å²) in [5, 5.41) is 0. The van der Waals surface area contributed by atoms with E-state index in [9.17, 15) is 4.79 Å². The first-order valence-corrected chi connectivity index (χ1v) is 5.84. The molecule has 0 aliphatic carbocycles. The highest BCUT2D eigenvalue weighted by atomic mass is 16.2. The highest BCUT2D eigenvalue weighted by Gasteiger charge is 2.12. The molecule has 0 atom stereocenters. The Balaban J connectivity index is 2.26. The van der Waals surface area contributed by atoms with E-state index in [-0.39, 0.29) is 5.91 Å². The van der Waals surface area contributed by atoms with E-state index in [4.69, 9.17) is 0 Å². The number of hydrogen-bond acceptors (Lipinski definition) is 1. The summed E-state index contributed by atoms with van der Waals surface area (Å²) in [6, 6.07) is 15.2. The van der Waals surface area contributed by atoms with Crippen molar-refractivity contribution in [2.75, 3.05) is 11.9 Å². The van der Waals surface area contributed by atoms with Crippen molar-refractivity contribution in [2.45, 2.75) is 6.92 Å². The van der Waals surface area contributed by atoms with Crippen molar-refractivity contribution in [1.82, 2.24) is 0 Å². The van der Waals surface area contributed by atoms with E-state index >= 15 is 0 Å². The summed E-state index contributed by atoms with van der Waals surface area (Å²) in [5.41, 5.74) is 3.62. The van der Waals surface area contributed by atoms with Crippen molar-refractivity contribution in [1.29, 1.82) is 0 Å². The molecule has 0 saturated heterocycles. The number of amides is 1.